The third-order valence-corrected chi connectivity index (χ3v) is 9.28. The Morgan fingerprint density at radius 2 is 1.42 bits per heavy atom. The second kappa shape index (κ2) is 20.7. The van der Waals surface area contributed by atoms with E-state index in [4.69, 9.17) is 28.4 Å². The van der Waals surface area contributed by atoms with Crippen LogP contribution in [0.1, 0.15) is 48.4 Å². The molecule has 0 aliphatic carbocycles. The Labute approximate surface area is 312 Å². The molecule has 5 aromatic rings. The third kappa shape index (κ3) is 11.8. The number of hydrogen-bond acceptors (Lipinski definition) is 8. The minimum atomic E-state index is -0.755. The van der Waals surface area contributed by atoms with Gasteiger partial charge in [-0.15, -0.1) is 0 Å². The zero-order chi connectivity index (χ0) is 36.5. The molecular formula is C43H51N3O7. The number of pyridine rings is 1. The first-order chi connectivity index (χ1) is 26.1. The van der Waals surface area contributed by atoms with Crippen molar-refractivity contribution in [1.29, 1.82) is 0 Å². The van der Waals surface area contributed by atoms with Crippen molar-refractivity contribution in [3.05, 3.63) is 138 Å². The fourth-order valence-corrected chi connectivity index (χ4v) is 6.52. The van der Waals surface area contributed by atoms with E-state index in [1.165, 1.54) is 17.9 Å². The largest absolute Gasteiger partial charge is 0.379 e. The van der Waals surface area contributed by atoms with Crippen LogP contribution in [0, 0.1) is 0 Å². The predicted molar refractivity (Wildman–Crippen MR) is 203 cm³/mol. The first-order valence-electron chi connectivity index (χ1n) is 18.6. The number of para-hydroxylation sites is 1. The van der Waals surface area contributed by atoms with Crippen LogP contribution in [0.3, 0.4) is 0 Å². The normalized spacial score (nSPS) is 20.1. The van der Waals surface area contributed by atoms with E-state index >= 15 is 0 Å². The lowest BCUT2D eigenvalue weighted by Gasteiger charge is -2.46. The molecular weight excluding hydrogens is 670 g/mol. The molecule has 3 heterocycles. The van der Waals surface area contributed by atoms with Crippen molar-refractivity contribution >= 4 is 16.8 Å². The molecule has 1 amide bonds. The van der Waals surface area contributed by atoms with Crippen molar-refractivity contribution in [1.82, 2.24) is 15.3 Å². The lowest BCUT2D eigenvalue weighted by molar-refractivity contribution is -0.328. The topological polar surface area (TPSA) is 113 Å². The van der Waals surface area contributed by atoms with E-state index in [-0.39, 0.29) is 12.5 Å². The van der Waals surface area contributed by atoms with Crippen LogP contribution in [0.2, 0.25) is 0 Å². The Bertz CT molecular complexity index is 1770. The van der Waals surface area contributed by atoms with Gasteiger partial charge in [-0.1, -0.05) is 84.9 Å². The maximum absolute atomic E-state index is 11.2. The number of ether oxygens (including phenoxy) is 6. The van der Waals surface area contributed by atoms with Gasteiger partial charge in [-0.3, -0.25) is 9.78 Å². The van der Waals surface area contributed by atoms with Crippen LogP contribution in [0.25, 0.3) is 10.9 Å². The molecule has 53 heavy (non-hydrogen) atoms. The quantitative estimate of drug-likeness (QED) is 0.0786. The molecule has 1 aliphatic rings. The molecule has 0 saturated carbocycles. The number of nitrogens with one attached hydrogen (secondary N) is 2. The van der Waals surface area contributed by atoms with Crippen molar-refractivity contribution in [3.63, 3.8) is 0 Å². The van der Waals surface area contributed by atoms with Gasteiger partial charge in [-0.25, -0.2) is 0 Å². The van der Waals surface area contributed by atoms with Gasteiger partial charge in [0.15, 0.2) is 6.29 Å². The maximum Gasteiger partial charge on any atom is 0.216 e. The number of amides is 1. The Morgan fingerprint density at radius 3 is 2.15 bits per heavy atom. The average molecular weight is 722 g/mol. The highest BCUT2D eigenvalue weighted by atomic mass is 16.7. The number of carbonyl (C=O) groups excluding carboxylic acids is 1. The zero-order valence-electron chi connectivity index (χ0n) is 30.4. The second-order valence-electron chi connectivity index (χ2n) is 13.3. The summed E-state index contributed by atoms with van der Waals surface area (Å²) in [5, 5.41) is 4.03. The summed E-state index contributed by atoms with van der Waals surface area (Å²) in [4.78, 5) is 18.9. The predicted octanol–water partition coefficient (Wildman–Crippen LogP) is 6.93. The van der Waals surface area contributed by atoms with Crippen molar-refractivity contribution in [3.8, 4) is 0 Å². The monoisotopic (exact) mass is 721 g/mol. The summed E-state index contributed by atoms with van der Waals surface area (Å²) >= 11 is 0. The summed E-state index contributed by atoms with van der Waals surface area (Å²) in [5.74, 6) is -0.0127. The molecule has 6 rings (SSSR count). The highest BCUT2D eigenvalue weighted by Gasteiger charge is 2.49. The van der Waals surface area contributed by atoms with Crippen molar-refractivity contribution in [2.75, 3.05) is 26.4 Å². The van der Waals surface area contributed by atoms with Gasteiger partial charge in [-0.2, -0.15) is 0 Å². The molecule has 10 heteroatoms. The summed E-state index contributed by atoms with van der Waals surface area (Å²) in [6, 6.07) is 32.3. The van der Waals surface area contributed by atoms with Crippen LogP contribution in [-0.4, -0.2) is 72.9 Å². The summed E-state index contributed by atoms with van der Waals surface area (Å²) in [7, 11) is 0. The van der Waals surface area contributed by atoms with Crippen LogP contribution < -0.4 is 5.32 Å². The highest BCUT2D eigenvalue weighted by Crippen LogP contribution is 2.32. The molecule has 1 aliphatic heterocycles. The van der Waals surface area contributed by atoms with Gasteiger partial charge in [0.1, 0.15) is 24.4 Å². The Hall–Kier alpha value is -4.42. The molecule has 5 atom stereocenters. The molecule has 1 saturated heterocycles. The maximum atomic E-state index is 11.2. The first kappa shape index (κ1) is 38.3. The van der Waals surface area contributed by atoms with Crippen LogP contribution in [-0.2, 0) is 59.5 Å². The minimum absolute atomic E-state index is 0.0127. The standard InChI is InChI=1S/C43H51N3O7/c1-32(47)45-23-11-4-12-24-48-31-39-40(50-30-35-18-13-22-44-26-35)41(51-28-33-14-5-2-6-15-33)42(52-29-34-16-7-3-8-17-34)43(53-39)49-25-21-36-27-46-38-20-10-9-19-37(36)38/h2-3,5-10,13-20,22,26-27,39-43,46H,4,11-12,21,23-25,28-31H2,1H3,(H,45,47)/t39-,40-,41+,42-,43-/m1/s1. The average Bonchev–Trinajstić information content (AvgIpc) is 3.61. The van der Waals surface area contributed by atoms with Crippen molar-refractivity contribution < 1.29 is 33.2 Å². The van der Waals surface area contributed by atoms with E-state index in [0.29, 0.717) is 46.0 Å². The number of rotatable bonds is 21. The highest BCUT2D eigenvalue weighted by molar-refractivity contribution is 5.83. The molecule has 0 bridgehead atoms. The van der Waals surface area contributed by atoms with E-state index in [9.17, 15) is 4.79 Å². The van der Waals surface area contributed by atoms with E-state index in [1.807, 2.05) is 91.1 Å². The Balaban J connectivity index is 1.23. The SMILES string of the molecule is CC(=O)NCCCCCOC[C@H]1O[C@@H](OCCc2c[nH]c3ccccc23)[C@H](OCc2ccccc2)[C@@H](OCc2ccccc2)[C@@H]1OCc1cccnc1. The molecule has 1 fully saturated rings. The molecule has 0 spiro atoms. The molecule has 0 radical (unpaired) electrons. The number of aromatic nitrogens is 2. The van der Waals surface area contributed by atoms with Crippen molar-refractivity contribution in [2.24, 2.45) is 0 Å². The summed E-state index contributed by atoms with van der Waals surface area (Å²) in [5.41, 5.74) is 5.27. The summed E-state index contributed by atoms with van der Waals surface area (Å²) < 4.78 is 39.9. The third-order valence-electron chi connectivity index (χ3n) is 9.28. The second-order valence-corrected chi connectivity index (χ2v) is 13.3. The fraction of sp³-hybridized carbons (Fsp3) is 0.395. The number of H-pyrrole nitrogens is 1. The lowest BCUT2D eigenvalue weighted by atomic mass is 9.97. The summed E-state index contributed by atoms with van der Waals surface area (Å²) in [6.45, 7) is 4.44. The van der Waals surface area contributed by atoms with Crippen LogP contribution in [0.5, 0.6) is 0 Å². The lowest BCUT2D eigenvalue weighted by Crippen LogP contribution is -2.61. The number of nitrogens with zero attached hydrogens (tertiary/aromatic N) is 1. The fourth-order valence-electron chi connectivity index (χ4n) is 6.52. The van der Waals surface area contributed by atoms with Gasteiger partial charge >= 0.3 is 0 Å². The number of carbonyl (C=O) groups is 1. The molecule has 280 valence electrons. The van der Waals surface area contributed by atoms with E-state index in [1.54, 1.807) is 12.4 Å². The van der Waals surface area contributed by atoms with Gasteiger partial charge in [0.05, 0.1) is 33.0 Å². The van der Waals surface area contributed by atoms with Gasteiger partial charge < -0.3 is 38.7 Å². The summed E-state index contributed by atoms with van der Waals surface area (Å²) in [6.07, 6.45) is 5.96. The van der Waals surface area contributed by atoms with Gasteiger partial charge in [0.25, 0.3) is 0 Å². The molecule has 0 unspecified atom stereocenters. The number of unbranched alkanes of at least 4 members (excludes halogenated alkanes) is 2. The van der Waals surface area contributed by atoms with E-state index < -0.39 is 30.7 Å². The molecule has 2 aromatic heterocycles. The Morgan fingerprint density at radius 1 is 0.736 bits per heavy atom. The number of benzene rings is 3. The Kier molecular flexibility index (Phi) is 15.0. The number of aromatic amines is 1. The van der Waals surface area contributed by atoms with Gasteiger partial charge in [-0.05, 0) is 60.1 Å². The van der Waals surface area contributed by atoms with Gasteiger partial charge in [0, 0.05) is 49.6 Å². The van der Waals surface area contributed by atoms with E-state index in [2.05, 4.69) is 27.4 Å². The molecule has 10 nitrogen and oxygen atoms in total. The smallest absolute Gasteiger partial charge is 0.216 e. The first-order valence-corrected chi connectivity index (χ1v) is 18.6. The number of fused-ring (bicyclic) bond motifs is 1. The van der Waals surface area contributed by atoms with Crippen LogP contribution in [0.15, 0.2) is 116 Å². The van der Waals surface area contributed by atoms with Crippen LogP contribution in [0.4, 0.5) is 0 Å². The van der Waals surface area contributed by atoms with E-state index in [0.717, 1.165) is 41.5 Å². The molecule has 3 aromatic carbocycles. The van der Waals surface area contributed by atoms with Gasteiger partial charge in [0.2, 0.25) is 5.91 Å². The van der Waals surface area contributed by atoms with Crippen LogP contribution >= 0.6 is 0 Å². The zero-order valence-corrected chi connectivity index (χ0v) is 30.4. The molecule has 2 N–H and O–H groups in total. The number of hydrogen-bond donors (Lipinski definition) is 2. The van der Waals surface area contributed by atoms with Crippen molar-refractivity contribution in [2.45, 2.75) is 83.1 Å². The minimum Gasteiger partial charge on any atom is -0.379 e.